The number of hydroxylamine groups is 2. The third-order valence-corrected chi connectivity index (χ3v) is 4.13. The Morgan fingerprint density at radius 1 is 0.960 bits per heavy atom. The first-order valence-electron chi connectivity index (χ1n) is 7.62. The van der Waals surface area contributed by atoms with Crippen LogP contribution in [0.2, 0.25) is 0 Å². The lowest BCUT2D eigenvalue weighted by Crippen LogP contribution is -2.33. The van der Waals surface area contributed by atoms with Crippen LogP contribution in [-0.2, 0) is 4.84 Å². The highest BCUT2D eigenvalue weighted by atomic mass is 16.7. The molecule has 0 unspecified atom stereocenters. The zero-order valence-electron chi connectivity index (χ0n) is 13.2. The lowest BCUT2D eigenvalue weighted by molar-refractivity contribution is -0.0583. The van der Waals surface area contributed by atoms with Gasteiger partial charge in [0.2, 0.25) is 0 Å². The molecule has 1 aliphatic rings. The number of aryl methyl sites for hydroxylation is 1. The second-order valence-corrected chi connectivity index (χ2v) is 5.66. The van der Waals surface area contributed by atoms with Gasteiger partial charge in [0.05, 0.1) is 22.2 Å². The molecule has 0 saturated heterocycles. The molecule has 2 aromatic carbocycles. The summed E-state index contributed by atoms with van der Waals surface area (Å²) < 4.78 is 0. The van der Waals surface area contributed by atoms with Crippen LogP contribution in [0.1, 0.15) is 36.6 Å². The van der Waals surface area contributed by atoms with Crippen molar-refractivity contribution < 1.29 is 19.2 Å². The van der Waals surface area contributed by atoms with E-state index in [1.54, 1.807) is 49.5 Å². The molecule has 1 aliphatic heterocycles. The summed E-state index contributed by atoms with van der Waals surface area (Å²) in [5, 5.41) is 1.12. The maximum Gasteiger partial charge on any atom is 0.364 e. The summed E-state index contributed by atoms with van der Waals surface area (Å²) in [5.41, 5.74) is 2.01. The monoisotopic (exact) mass is 332 g/mol. The van der Waals surface area contributed by atoms with Gasteiger partial charge in [0.1, 0.15) is 0 Å². The van der Waals surface area contributed by atoms with Crippen molar-refractivity contribution in [2.45, 2.75) is 6.92 Å². The smallest absolute Gasteiger partial charge is 0.324 e. The number of amides is 2. The highest BCUT2D eigenvalue weighted by molar-refractivity contribution is 6.21. The van der Waals surface area contributed by atoms with Gasteiger partial charge in [-0.3, -0.25) is 14.6 Å². The molecule has 0 atom stereocenters. The molecule has 2 heterocycles. The average molecular weight is 332 g/mol. The van der Waals surface area contributed by atoms with Gasteiger partial charge in [-0.15, -0.1) is 0 Å². The number of imide groups is 1. The molecule has 6 heteroatoms. The fraction of sp³-hybridized carbons (Fsp3) is 0.0526. The van der Waals surface area contributed by atoms with Crippen molar-refractivity contribution in [1.82, 2.24) is 10.0 Å². The third kappa shape index (κ3) is 2.27. The number of benzene rings is 2. The second-order valence-electron chi connectivity index (χ2n) is 5.66. The Kier molecular flexibility index (Phi) is 3.32. The number of carbonyl (C=O) groups excluding carboxylic acids is 3. The van der Waals surface area contributed by atoms with E-state index >= 15 is 0 Å². The number of carbonyl (C=O) groups is 3. The number of pyridine rings is 1. The van der Waals surface area contributed by atoms with E-state index in [9.17, 15) is 14.4 Å². The van der Waals surface area contributed by atoms with Crippen molar-refractivity contribution in [1.29, 1.82) is 0 Å². The molecule has 2 amide bonds. The van der Waals surface area contributed by atoms with Gasteiger partial charge < -0.3 is 4.84 Å². The van der Waals surface area contributed by atoms with E-state index in [0.717, 1.165) is 0 Å². The Labute approximate surface area is 142 Å². The summed E-state index contributed by atoms with van der Waals surface area (Å²) in [7, 11) is 0. The van der Waals surface area contributed by atoms with Gasteiger partial charge in [-0.05, 0) is 36.8 Å². The summed E-state index contributed by atoms with van der Waals surface area (Å²) >= 11 is 0. The van der Waals surface area contributed by atoms with E-state index in [0.29, 0.717) is 21.5 Å². The van der Waals surface area contributed by atoms with Gasteiger partial charge in [-0.2, -0.15) is 0 Å². The van der Waals surface area contributed by atoms with E-state index in [1.165, 1.54) is 12.1 Å². The summed E-state index contributed by atoms with van der Waals surface area (Å²) in [6.45, 7) is 1.76. The minimum absolute atomic E-state index is 0.219. The van der Waals surface area contributed by atoms with E-state index in [4.69, 9.17) is 4.84 Å². The molecule has 0 saturated carbocycles. The lowest BCUT2D eigenvalue weighted by Gasteiger charge is -2.14. The highest BCUT2D eigenvalue weighted by Gasteiger charge is 2.39. The summed E-state index contributed by atoms with van der Waals surface area (Å²) in [4.78, 5) is 46.7. The zero-order valence-corrected chi connectivity index (χ0v) is 13.2. The Hall–Kier alpha value is -3.54. The predicted molar refractivity (Wildman–Crippen MR) is 88.8 cm³/mol. The molecule has 25 heavy (non-hydrogen) atoms. The minimum atomic E-state index is -0.773. The van der Waals surface area contributed by atoms with Crippen LogP contribution in [0.5, 0.6) is 0 Å². The number of rotatable bonds is 2. The normalized spacial score (nSPS) is 13.2. The van der Waals surface area contributed by atoms with E-state index in [-0.39, 0.29) is 16.7 Å². The standard InChI is InChI=1S/C19H12N2O4/c1-11-8-9-15-14(7-4-10-20-15)16(11)19(24)25-21-17(22)12-5-2-3-6-13(12)18(21)23/h2-10H,1H3. The average Bonchev–Trinajstić information content (AvgIpc) is 2.87. The topological polar surface area (TPSA) is 76.6 Å². The van der Waals surface area contributed by atoms with Crippen molar-refractivity contribution in [3.05, 3.63) is 77.0 Å². The van der Waals surface area contributed by atoms with Crippen LogP contribution in [0.3, 0.4) is 0 Å². The number of nitrogens with zero attached hydrogens (tertiary/aromatic N) is 2. The predicted octanol–water partition coefficient (Wildman–Crippen LogP) is 2.91. The van der Waals surface area contributed by atoms with Crippen molar-refractivity contribution in [3.63, 3.8) is 0 Å². The summed E-state index contributed by atoms with van der Waals surface area (Å²) in [6, 6.07) is 13.3. The maximum absolute atomic E-state index is 12.7. The first-order chi connectivity index (χ1) is 12.1. The third-order valence-electron chi connectivity index (χ3n) is 4.13. The molecule has 122 valence electrons. The Balaban J connectivity index is 1.72. The highest BCUT2D eigenvalue weighted by Crippen LogP contribution is 2.26. The largest absolute Gasteiger partial charge is 0.364 e. The SMILES string of the molecule is Cc1ccc2ncccc2c1C(=O)ON1C(=O)c2ccccc2C1=O. The Bertz CT molecular complexity index is 1020. The maximum atomic E-state index is 12.7. The van der Waals surface area contributed by atoms with Crippen LogP contribution >= 0.6 is 0 Å². The number of aromatic nitrogens is 1. The molecule has 0 radical (unpaired) electrons. The lowest BCUT2D eigenvalue weighted by atomic mass is 10.0. The van der Waals surface area contributed by atoms with Gasteiger partial charge in [-0.1, -0.05) is 29.3 Å². The van der Waals surface area contributed by atoms with Gasteiger partial charge in [0.15, 0.2) is 0 Å². The van der Waals surface area contributed by atoms with Crippen LogP contribution in [0.15, 0.2) is 54.7 Å². The van der Waals surface area contributed by atoms with Crippen LogP contribution in [-0.4, -0.2) is 27.8 Å². The van der Waals surface area contributed by atoms with E-state index in [1.807, 2.05) is 0 Å². The molecule has 1 aromatic heterocycles. The van der Waals surface area contributed by atoms with Gasteiger partial charge in [0, 0.05) is 11.6 Å². The fourth-order valence-corrected chi connectivity index (χ4v) is 2.91. The molecule has 0 N–H and O–H groups in total. The number of hydrogen-bond acceptors (Lipinski definition) is 5. The summed E-state index contributed by atoms with van der Waals surface area (Å²) in [5.74, 6) is -2.07. The molecule has 4 rings (SSSR count). The summed E-state index contributed by atoms with van der Waals surface area (Å²) in [6.07, 6.45) is 1.62. The van der Waals surface area contributed by atoms with Crippen molar-refractivity contribution in [3.8, 4) is 0 Å². The molecule has 0 aliphatic carbocycles. The number of hydrogen-bond donors (Lipinski definition) is 0. The first kappa shape index (κ1) is 15.0. The van der Waals surface area contributed by atoms with Crippen LogP contribution in [0.25, 0.3) is 10.9 Å². The second kappa shape index (κ2) is 5.52. The van der Waals surface area contributed by atoms with E-state index in [2.05, 4.69) is 4.98 Å². The molecular formula is C19H12N2O4. The Morgan fingerprint density at radius 2 is 1.64 bits per heavy atom. The van der Waals surface area contributed by atoms with Crippen molar-refractivity contribution in [2.24, 2.45) is 0 Å². The van der Waals surface area contributed by atoms with Gasteiger partial charge >= 0.3 is 5.97 Å². The van der Waals surface area contributed by atoms with Gasteiger partial charge in [-0.25, -0.2) is 4.79 Å². The quantitative estimate of drug-likeness (QED) is 0.674. The Morgan fingerprint density at radius 3 is 2.32 bits per heavy atom. The molecule has 0 bridgehead atoms. The van der Waals surface area contributed by atoms with Gasteiger partial charge in [0.25, 0.3) is 11.8 Å². The molecule has 0 spiro atoms. The molecule has 3 aromatic rings. The van der Waals surface area contributed by atoms with Crippen LogP contribution in [0, 0.1) is 6.92 Å². The van der Waals surface area contributed by atoms with Crippen molar-refractivity contribution in [2.75, 3.05) is 0 Å². The minimum Gasteiger partial charge on any atom is -0.324 e. The zero-order chi connectivity index (χ0) is 17.6. The van der Waals surface area contributed by atoms with Crippen LogP contribution < -0.4 is 0 Å². The number of fused-ring (bicyclic) bond motifs is 2. The van der Waals surface area contributed by atoms with E-state index < -0.39 is 17.8 Å². The molecule has 0 fully saturated rings. The first-order valence-corrected chi connectivity index (χ1v) is 7.62. The fourth-order valence-electron chi connectivity index (χ4n) is 2.91. The van der Waals surface area contributed by atoms with Crippen molar-refractivity contribution >= 4 is 28.7 Å². The molecule has 6 nitrogen and oxygen atoms in total. The van der Waals surface area contributed by atoms with Crippen LogP contribution in [0.4, 0.5) is 0 Å². The molecular weight excluding hydrogens is 320 g/mol.